The minimum atomic E-state index is -5.08. The van der Waals surface area contributed by atoms with Crippen LogP contribution >= 0.6 is 0 Å². The molecule has 1 unspecified atom stereocenters. The highest BCUT2D eigenvalue weighted by molar-refractivity contribution is 5.73. The van der Waals surface area contributed by atoms with Gasteiger partial charge in [0.25, 0.3) is 0 Å². The number of aliphatic carboxylic acids is 1. The Morgan fingerprint density at radius 3 is 2.52 bits per heavy atom. The molecule has 1 aromatic heterocycles. The first-order valence-electron chi connectivity index (χ1n) is 10.6. The Kier molecular flexibility index (Phi) is 10.7. The van der Waals surface area contributed by atoms with Gasteiger partial charge in [-0.15, -0.1) is 0 Å². The highest BCUT2D eigenvalue weighted by Crippen LogP contribution is 2.18. The third-order valence-electron chi connectivity index (χ3n) is 5.14. The molecule has 1 fully saturated rings. The average molecular weight is 470 g/mol. The van der Waals surface area contributed by atoms with Crippen molar-refractivity contribution in [3.63, 3.8) is 0 Å². The van der Waals surface area contributed by atoms with Crippen molar-refractivity contribution in [3.05, 3.63) is 54.2 Å². The largest absolute Gasteiger partial charge is 0.490 e. The molecule has 2 aromatic rings. The fraction of sp³-hybridized carbons (Fsp3) is 0.478. The Morgan fingerprint density at radius 1 is 1.24 bits per heavy atom. The monoisotopic (exact) mass is 469 g/mol. The molecule has 1 saturated heterocycles. The summed E-state index contributed by atoms with van der Waals surface area (Å²) in [6.45, 7) is 4.02. The zero-order valence-corrected chi connectivity index (χ0v) is 18.5. The third-order valence-corrected chi connectivity index (χ3v) is 5.14. The van der Waals surface area contributed by atoms with E-state index in [-0.39, 0.29) is 6.10 Å². The van der Waals surface area contributed by atoms with E-state index in [1.165, 1.54) is 5.56 Å². The second-order valence-electron chi connectivity index (χ2n) is 7.78. The van der Waals surface area contributed by atoms with E-state index >= 15 is 0 Å². The first-order valence-corrected chi connectivity index (χ1v) is 10.6. The third kappa shape index (κ3) is 9.87. The van der Waals surface area contributed by atoms with Gasteiger partial charge in [0, 0.05) is 38.0 Å². The molecule has 1 aromatic carbocycles. The topological polar surface area (TPSA) is 94.9 Å². The second-order valence-corrected chi connectivity index (χ2v) is 7.78. The Morgan fingerprint density at radius 2 is 1.94 bits per heavy atom. The summed E-state index contributed by atoms with van der Waals surface area (Å²) in [4.78, 5) is 15.6. The second kappa shape index (κ2) is 13.2. The van der Waals surface area contributed by atoms with Gasteiger partial charge in [-0.3, -0.25) is 4.98 Å². The van der Waals surface area contributed by atoms with Gasteiger partial charge < -0.3 is 25.2 Å². The summed E-state index contributed by atoms with van der Waals surface area (Å²) in [6, 6.07) is 15.1. The normalized spacial score (nSPS) is 16.0. The number of halogens is 3. The van der Waals surface area contributed by atoms with Gasteiger partial charge in [-0.25, -0.2) is 4.79 Å². The van der Waals surface area contributed by atoms with Gasteiger partial charge in [-0.05, 0) is 49.7 Å². The van der Waals surface area contributed by atoms with Crippen LogP contribution in [0.25, 0.3) is 11.3 Å². The Labute approximate surface area is 191 Å². The van der Waals surface area contributed by atoms with Crippen molar-refractivity contribution >= 4 is 5.97 Å². The number of carboxylic acids is 1. The van der Waals surface area contributed by atoms with Crippen molar-refractivity contribution in [1.29, 1.82) is 0 Å². The van der Waals surface area contributed by atoms with Crippen LogP contribution in [-0.2, 0) is 16.1 Å². The quantitative estimate of drug-likeness (QED) is 0.547. The molecular weight excluding hydrogens is 439 g/mol. The highest BCUT2D eigenvalue weighted by Gasteiger charge is 2.38. The number of hydrogen-bond donors (Lipinski definition) is 3. The number of aliphatic hydroxyl groups excluding tert-OH is 1. The van der Waals surface area contributed by atoms with Crippen LogP contribution in [-0.4, -0.2) is 77.7 Å². The summed E-state index contributed by atoms with van der Waals surface area (Å²) in [5.41, 5.74) is 3.45. The number of carbonyl (C=O) groups is 1. The number of carboxylic acid groups (broad SMARTS) is 1. The minimum Gasteiger partial charge on any atom is -0.475 e. The van der Waals surface area contributed by atoms with Gasteiger partial charge in [0.15, 0.2) is 0 Å². The number of likely N-dealkylation sites (tertiary alicyclic amines) is 1. The fourth-order valence-corrected chi connectivity index (χ4v) is 3.50. The molecule has 0 aliphatic carbocycles. The minimum absolute atomic E-state index is 0.390. The highest BCUT2D eigenvalue weighted by atomic mass is 19.4. The van der Waals surface area contributed by atoms with Crippen LogP contribution in [0.3, 0.4) is 0 Å². The summed E-state index contributed by atoms with van der Waals surface area (Å²) < 4.78 is 36.7. The van der Waals surface area contributed by atoms with Crippen LogP contribution < -0.4 is 5.32 Å². The average Bonchev–Trinajstić information content (AvgIpc) is 2.79. The van der Waals surface area contributed by atoms with E-state index in [0.717, 1.165) is 43.7 Å². The summed E-state index contributed by atoms with van der Waals surface area (Å²) >= 11 is 0. The van der Waals surface area contributed by atoms with E-state index in [2.05, 4.69) is 39.5 Å². The molecular formula is C23H30F3N3O4. The van der Waals surface area contributed by atoms with E-state index in [0.29, 0.717) is 19.2 Å². The van der Waals surface area contributed by atoms with E-state index in [4.69, 9.17) is 14.6 Å². The van der Waals surface area contributed by atoms with Crippen LogP contribution in [0.5, 0.6) is 0 Å². The van der Waals surface area contributed by atoms with Crippen molar-refractivity contribution in [3.8, 4) is 11.3 Å². The van der Waals surface area contributed by atoms with Gasteiger partial charge in [0.2, 0.25) is 0 Å². The van der Waals surface area contributed by atoms with Crippen molar-refractivity contribution < 1.29 is 32.9 Å². The first kappa shape index (κ1) is 26.7. The molecule has 1 atom stereocenters. The molecule has 1 aliphatic rings. The molecule has 3 N–H and O–H groups in total. The van der Waals surface area contributed by atoms with Gasteiger partial charge in [0.05, 0.1) is 18.4 Å². The summed E-state index contributed by atoms with van der Waals surface area (Å²) in [7, 11) is 1.63. The standard InChI is InChI=1S/C21H29N3O2.C2HF3O2/c1-26-16-20(25)15-24-11-8-19(9-12-24)23-14-17-5-4-6-18(13-17)21-7-2-3-10-22-21;3-2(4,5)1(6)7/h2-7,10,13,19-20,23,25H,8-9,11-12,14-16H2,1H3;(H,6,7). The van der Waals surface area contributed by atoms with Gasteiger partial charge in [-0.2, -0.15) is 13.2 Å². The molecule has 2 heterocycles. The Bertz CT molecular complexity index is 844. The number of rotatable bonds is 8. The van der Waals surface area contributed by atoms with E-state index in [9.17, 15) is 18.3 Å². The number of nitrogens with one attached hydrogen (secondary N) is 1. The van der Waals surface area contributed by atoms with Crippen LogP contribution in [0.15, 0.2) is 48.7 Å². The van der Waals surface area contributed by atoms with Crippen LogP contribution in [0.2, 0.25) is 0 Å². The molecule has 182 valence electrons. The number of alkyl halides is 3. The van der Waals surface area contributed by atoms with Crippen molar-refractivity contribution in [2.24, 2.45) is 0 Å². The molecule has 7 nitrogen and oxygen atoms in total. The van der Waals surface area contributed by atoms with Gasteiger partial charge in [-0.1, -0.05) is 24.3 Å². The van der Waals surface area contributed by atoms with Crippen LogP contribution in [0, 0.1) is 0 Å². The Balaban J connectivity index is 0.000000479. The summed E-state index contributed by atoms with van der Waals surface area (Å²) in [6.07, 6.45) is -1.42. The lowest BCUT2D eigenvalue weighted by Gasteiger charge is -2.33. The molecule has 0 spiro atoms. The van der Waals surface area contributed by atoms with E-state index in [1.807, 2.05) is 24.4 Å². The SMILES string of the molecule is COCC(O)CN1CCC(NCc2cccc(-c3ccccn3)c2)CC1.O=C(O)C(F)(F)F. The number of β-amino-alcohol motifs (C(OH)–C–C–N with tert-alkyl or cyclic N) is 1. The molecule has 33 heavy (non-hydrogen) atoms. The maximum Gasteiger partial charge on any atom is 0.490 e. The first-order chi connectivity index (χ1) is 15.7. The van der Waals surface area contributed by atoms with Crippen molar-refractivity contribution in [1.82, 2.24) is 15.2 Å². The van der Waals surface area contributed by atoms with E-state index in [1.54, 1.807) is 7.11 Å². The number of ether oxygens (including phenoxy) is 1. The number of aromatic nitrogens is 1. The van der Waals surface area contributed by atoms with Crippen molar-refractivity contribution in [2.45, 2.75) is 37.7 Å². The lowest BCUT2D eigenvalue weighted by molar-refractivity contribution is -0.192. The zero-order chi connectivity index (χ0) is 24.3. The molecule has 0 bridgehead atoms. The Hall–Kier alpha value is -2.53. The molecule has 10 heteroatoms. The smallest absolute Gasteiger partial charge is 0.475 e. The molecule has 0 saturated carbocycles. The molecule has 0 amide bonds. The summed E-state index contributed by atoms with van der Waals surface area (Å²) in [5, 5.41) is 20.7. The number of aliphatic hydroxyl groups is 1. The zero-order valence-electron chi connectivity index (χ0n) is 18.5. The fourth-order valence-electron chi connectivity index (χ4n) is 3.50. The number of pyridine rings is 1. The van der Waals surface area contributed by atoms with E-state index < -0.39 is 12.1 Å². The molecule has 0 radical (unpaired) electrons. The maximum absolute atomic E-state index is 10.6. The van der Waals surface area contributed by atoms with Crippen molar-refractivity contribution in [2.75, 3.05) is 33.4 Å². The lowest BCUT2D eigenvalue weighted by Crippen LogP contribution is -2.45. The predicted octanol–water partition coefficient (Wildman–Crippen LogP) is 2.94. The van der Waals surface area contributed by atoms with Crippen LogP contribution in [0.4, 0.5) is 13.2 Å². The summed E-state index contributed by atoms with van der Waals surface area (Å²) in [5.74, 6) is -2.76. The lowest BCUT2D eigenvalue weighted by atomic mass is 10.0. The van der Waals surface area contributed by atoms with Gasteiger partial charge in [0.1, 0.15) is 0 Å². The number of benzene rings is 1. The number of nitrogens with zero attached hydrogens (tertiary/aromatic N) is 2. The van der Waals surface area contributed by atoms with Crippen LogP contribution in [0.1, 0.15) is 18.4 Å². The van der Waals surface area contributed by atoms with Gasteiger partial charge >= 0.3 is 12.1 Å². The number of methoxy groups -OCH3 is 1. The number of hydrogen-bond acceptors (Lipinski definition) is 6. The molecule has 3 rings (SSSR count). The molecule has 1 aliphatic heterocycles. The maximum atomic E-state index is 10.6. The number of piperidine rings is 1. The predicted molar refractivity (Wildman–Crippen MR) is 118 cm³/mol.